The lowest BCUT2D eigenvalue weighted by Gasteiger charge is -2.36. The van der Waals surface area contributed by atoms with E-state index >= 15 is 0 Å². The van der Waals surface area contributed by atoms with Crippen LogP contribution in [0, 0.1) is 5.92 Å². The van der Waals surface area contributed by atoms with Crippen LogP contribution >= 0.6 is 0 Å². The molecule has 0 saturated heterocycles. The van der Waals surface area contributed by atoms with Gasteiger partial charge in [-0.25, -0.2) is 0 Å². The zero-order chi connectivity index (χ0) is 13.4. The number of rotatable bonds is 1. The van der Waals surface area contributed by atoms with Crippen molar-refractivity contribution < 1.29 is 0 Å². The third kappa shape index (κ3) is 1.98. The normalized spacial score (nSPS) is 26.1. The fourth-order valence-electron chi connectivity index (χ4n) is 4.33. The Morgan fingerprint density at radius 2 is 1.65 bits per heavy atom. The number of fused-ring (bicyclic) bond motifs is 2. The summed E-state index contributed by atoms with van der Waals surface area (Å²) in [5.74, 6) is 1.56. The summed E-state index contributed by atoms with van der Waals surface area (Å²) in [7, 11) is 0. The molecule has 4 rings (SSSR count). The highest BCUT2D eigenvalue weighted by atomic mass is 14.3. The van der Waals surface area contributed by atoms with E-state index in [1.807, 2.05) is 0 Å². The third-order valence-corrected chi connectivity index (χ3v) is 5.25. The zero-order valence-electron chi connectivity index (χ0n) is 12.0. The zero-order valence-corrected chi connectivity index (χ0v) is 12.0. The van der Waals surface area contributed by atoms with Gasteiger partial charge in [0.1, 0.15) is 0 Å². The molecule has 20 heavy (non-hydrogen) atoms. The second-order valence-corrected chi connectivity index (χ2v) is 6.38. The Morgan fingerprint density at radius 3 is 2.65 bits per heavy atom. The van der Waals surface area contributed by atoms with Crippen LogP contribution in [0.2, 0.25) is 0 Å². The molecule has 102 valence electrons. The maximum Gasteiger partial charge on any atom is 0.00570 e. The van der Waals surface area contributed by atoms with Gasteiger partial charge in [-0.15, -0.1) is 0 Å². The molecule has 2 aromatic carbocycles. The van der Waals surface area contributed by atoms with Crippen molar-refractivity contribution in [3.8, 4) is 0 Å². The lowest BCUT2D eigenvalue weighted by Crippen LogP contribution is -2.20. The van der Waals surface area contributed by atoms with E-state index in [2.05, 4.69) is 48.5 Å². The van der Waals surface area contributed by atoms with Gasteiger partial charge in [0, 0.05) is 5.92 Å². The van der Waals surface area contributed by atoms with Crippen molar-refractivity contribution in [2.24, 2.45) is 5.92 Å². The van der Waals surface area contributed by atoms with Gasteiger partial charge in [-0.05, 0) is 54.4 Å². The number of hydrogen-bond donors (Lipinski definition) is 0. The first kappa shape index (κ1) is 12.2. The maximum atomic E-state index is 2.57. The van der Waals surface area contributed by atoms with Crippen LogP contribution in [0.4, 0.5) is 0 Å². The van der Waals surface area contributed by atoms with E-state index in [1.165, 1.54) is 49.3 Å². The van der Waals surface area contributed by atoms with Gasteiger partial charge in [0.15, 0.2) is 0 Å². The lowest BCUT2D eigenvalue weighted by atomic mass is 9.69. The molecule has 2 aliphatic carbocycles. The highest BCUT2D eigenvalue weighted by Gasteiger charge is 2.30. The molecule has 2 unspecified atom stereocenters. The van der Waals surface area contributed by atoms with E-state index in [0.29, 0.717) is 5.92 Å². The van der Waals surface area contributed by atoms with Crippen molar-refractivity contribution in [3.63, 3.8) is 0 Å². The van der Waals surface area contributed by atoms with Crippen LogP contribution in [0.5, 0.6) is 0 Å². The molecule has 0 heteroatoms. The first-order valence-electron chi connectivity index (χ1n) is 8.11. The van der Waals surface area contributed by atoms with Crippen molar-refractivity contribution in [1.29, 1.82) is 0 Å². The molecule has 0 amide bonds. The Labute approximate surface area is 121 Å². The molecule has 0 N–H and O–H groups in total. The van der Waals surface area contributed by atoms with Crippen LogP contribution in [0.3, 0.4) is 0 Å². The predicted molar refractivity (Wildman–Crippen MR) is 86.0 cm³/mol. The molecule has 0 aromatic heterocycles. The highest BCUT2D eigenvalue weighted by Crippen LogP contribution is 2.46. The molecule has 0 aliphatic heterocycles. The Hall–Kier alpha value is -1.56. The van der Waals surface area contributed by atoms with Crippen molar-refractivity contribution in [3.05, 3.63) is 59.7 Å². The monoisotopic (exact) mass is 262 g/mol. The molecular weight excluding hydrogens is 240 g/mol. The van der Waals surface area contributed by atoms with Crippen LogP contribution in [0.15, 0.2) is 54.1 Å². The fourth-order valence-corrected chi connectivity index (χ4v) is 4.33. The summed E-state index contributed by atoms with van der Waals surface area (Å²) in [5, 5.41) is 2.86. The standard InChI is InChI=1S/C20H22/c1-3-11-17-15(7-1)9-5-13-19(17)20-14-6-10-16-8-2-4-12-18(16)20/h1,3,5,7,9,11-13,16,20H,2,4,6,8,10,14H2. The first-order chi connectivity index (χ1) is 9.93. The van der Waals surface area contributed by atoms with Gasteiger partial charge in [0.2, 0.25) is 0 Å². The molecule has 1 saturated carbocycles. The highest BCUT2D eigenvalue weighted by molar-refractivity contribution is 5.86. The fraction of sp³-hybridized carbons (Fsp3) is 0.400. The minimum absolute atomic E-state index is 0.681. The minimum Gasteiger partial charge on any atom is -0.0844 e. The minimum atomic E-state index is 0.681. The van der Waals surface area contributed by atoms with Crippen molar-refractivity contribution >= 4 is 10.8 Å². The maximum absolute atomic E-state index is 2.57. The third-order valence-electron chi connectivity index (χ3n) is 5.25. The quantitative estimate of drug-likeness (QED) is 0.567. The average Bonchev–Trinajstić information content (AvgIpc) is 2.54. The smallest absolute Gasteiger partial charge is 0.00570 e. The Balaban J connectivity index is 1.83. The first-order valence-corrected chi connectivity index (χ1v) is 8.11. The Kier molecular flexibility index (Phi) is 3.10. The predicted octanol–water partition coefficient (Wildman–Crippen LogP) is 5.83. The van der Waals surface area contributed by atoms with Gasteiger partial charge in [0.25, 0.3) is 0 Å². The van der Waals surface area contributed by atoms with E-state index in [-0.39, 0.29) is 0 Å². The molecule has 2 aromatic rings. The van der Waals surface area contributed by atoms with Gasteiger partial charge >= 0.3 is 0 Å². The topological polar surface area (TPSA) is 0 Å². The Bertz CT molecular complexity index is 645. The van der Waals surface area contributed by atoms with Crippen LogP contribution in [0.25, 0.3) is 10.8 Å². The van der Waals surface area contributed by atoms with Gasteiger partial charge in [-0.3, -0.25) is 0 Å². The van der Waals surface area contributed by atoms with Gasteiger partial charge in [0.05, 0.1) is 0 Å². The van der Waals surface area contributed by atoms with E-state index in [0.717, 1.165) is 5.92 Å². The molecule has 0 bridgehead atoms. The van der Waals surface area contributed by atoms with Crippen molar-refractivity contribution in [2.75, 3.05) is 0 Å². The summed E-state index contributed by atoms with van der Waals surface area (Å²) < 4.78 is 0. The second-order valence-electron chi connectivity index (χ2n) is 6.38. The molecule has 1 fully saturated rings. The number of hydrogen-bond acceptors (Lipinski definition) is 0. The van der Waals surface area contributed by atoms with E-state index in [9.17, 15) is 0 Å². The molecular formula is C20H22. The molecule has 0 nitrogen and oxygen atoms in total. The molecule has 0 radical (unpaired) electrons. The molecule has 0 heterocycles. The van der Waals surface area contributed by atoms with E-state index in [1.54, 1.807) is 11.1 Å². The second kappa shape index (κ2) is 5.09. The van der Waals surface area contributed by atoms with Crippen molar-refractivity contribution in [2.45, 2.75) is 44.4 Å². The summed E-state index contributed by atoms with van der Waals surface area (Å²) in [6.07, 6.45) is 10.9. The number of benzene rings is 2. The van der Waals surface area contributed by atoms with Gasteiger partial charge in [-0.2, -0.15) is 0 Å². The van der Waals surface area contributed by atoms with Gasteiger partial charge < -0.3 is 0 Å². The average molecular weight is 262 g/mol. The molecule has 2 aliphatic rings. The largest absolute Gasteiger partial charge is 0.0844 e. The van der Waals surface area contributed by atoms with Crippen LogP contribution in [-0.4, -0.2) is 0 Å². The summed E-state index contributed by atoms with van der Waals surface area (Å²) in [4.78, 5) is 0. The van der Waals surface area contributed by atoms with Gasteiger partial charge in [-0.1, -0.05) is 60.5 Å². The van der Waals surface area contributed by atoms with E-state index in [4.69, 9.17) is 0 Å². The molecule has 2 atom stereocenters. The summed E-state index contributed by atoms with van der Waals surface area (Å²) in [6.45, 7) is 0. The number of allylic oxidation sites excluding steroid dienone is 2. The Morgan fingerprint density at radius 1 is 0.800 bits per heavy atom. The van der Waals surface area contributed by atoms with Crippen LogP contribution in [0.1, 0.15) is 50.0 Å². The summed E-state index contributed by atoms with van der Waals surface area (Å²) in [6, 6.07) is 15.7. The summed E-state index contributed by atoms with van der Waals surface area (Å²) in [5.41, 5.74) is 3.33. The lowest BCUT2D eigenvalue weighted by molar-refractivity contribution is 0.377. The summed E-state index contributed by atoms with van der Waals surface area (Å²) >= 11 is 0. The van der Waals surface area contributed by atoms with Crippen LogP contribution in [-0.2, 0) is 0 Å². The SMILES string of the molecule is C1=C2C(CCC1)CCCC2c1cccc2ccccc12. The van der Waals surface area contributed by atoms with E-state index < -0.39 is 0 Å². The van der Waals surface area contributed by atoms with Crippen molar-refractivity contribution in [1.82, 2.24) is 0 Å². The van der Waals surface area contributed by atoms with Crippen LogP contribution < -0.4 is 0 Å². The molecule has 0 spiro atoms.